The summed E-state index contributed by atoms with van der Waals surface area (Å²) in [4.78, 5) is 0. The van der Waals surface area contributed by atoms with E-state index in [0.717, 1.165) is 11.4 Å². The molecule has 0 N–H and O–H groups in total. The Labute approximate surface area is 99.8 Å². The smallest absolute Gasteiger partial charge is 0.0854 e. The summed E-state index contributed by atoms with van der Waals surface area (Å²) in [5, 5.41) is 8.22. The van der Waals surface area contributed by atoms with E-state index in [1.54, 1.807) is 5.01 Å². The second-order valence-electron chi connectivity index (χ2n) is 3.17. The minimum Gasteiger partial charge on any atom is -0.225 e. The van der Waals surface area contributed by atoms with Crippen molar-refractivity contribution in [3.05, 3.63) is 60.7 Å². The molecule has 0 saturated carbocycles. The van der Waals surface area contributed by atoms with Crippen molar-refractivity contribution in [2.24, 2.45) is 5.10 Å². The standard InChI is InChI=1S/C13H10N2S/c16-11-14-15(12-7-3-1-4-8-12)13-9-5-2-6-10-13/h1-10H. The zero-order chi connectivity index (χ0) is 11.2. The van der Waals surface area contributed by atoms with Gasteiger partial charge in [0.15, 0.2) is 0 Å². The molecule has 2 rings (SSSR count). The van der Waals surface area contributed by atoms with Crippen molar-refractivity contribution in [1.29, 1.82) is 0 Å². The highest BCUT2D eigenvalue weighted by Gasteiger charge is 2.05. The van der Waals surface area contributed by atoms with Gasteiger partial charge in [-0.2, -0.15) is 0 Å². The Balaban J connectivity index is 2.43. The molecule has 16 heavy (non-hydrogen) atoms. The largest absolute Gasteiger partial charge is 0.225 e. The van der Waals surface area contributed by atoms with Gasteiger partial charge >= 0.3 is 0 Å². The molecule has 0 aromatic heterocycles. The molecule has 78 valence electrons. The zero-order valence-electron chi connectivity index (χ0n) is 8.58. The second kappa shape index (κ2) is 5.21. The molecular formula is C13H10N2S. The van der Waals surface area contributed by atoms with Gasteiger partial charge in [0.1, 0.15) is 0 Å². The maximum absolute atomic E-state index is 4.67. The van der Waals surface area contributed by atoms with E-state index in [9.17, 15) is 0 Å². The Bertz CT molecular complexity index is 450. The van der Waals surface area contributed by atoms with Crippen molar-refractivity contribution < 1.29 is 0 Å². The Hall–Kier alpha value is -1.96. The fourth-order valence-electron chi connectivity index (χ4n) is 1.44. The lowest BCUT2D eigenvalue weighted by atomic mass is 10.2. The predicted molar refractivity (Wildman–Crippen MR) is 70.0 cm³/mol. The minimum atomic E-state index is 0.964. The number of isothiocyanates is 1. The highest BCUT2D eigenvalue weighted by Crippen LogP contribution is 2.24. The minimum absolute atomic E-state index is 0.964. The first-order valence-corrected chi connectivity index (χ1v) is 5.30. The molecule has 0 heterocycles. The quantitative estimate of drug-likeness (QED) is 0.449. The number of nitrogens with zero attached hydrogens (tertiary/aromatic N) is 2. The fourth-order valence-corrected chi connectivity index (χ4v) is 1.53. The number of benzene rings is 2. The van der Waals surface area contributed by atoms with Gasteiger partial charge in [-0.3, -0.25) is 0 Å². The van der Waals surface area contributed by atoms with Gasteiger partial charge in [-0.15, -0.1) is 5.10 Å². The molecule has 0 unspecified atom stereocenters. The molecule has 2 nitrogen and oxygen atoms in total. The molecule has 0 aliphatic heterocycles. The summed E-state index contributed by atoms with van der Waals surface area (Å²) in [7, 11) is 0. The topological polar surface area (TPSA) is 15.6 Å². The van der Waals surface area contributed by atoms with E-state index < -0.39 is 0 Å². The van der Waals surface area contributed by atoms with Crippen molar-refractivity contribution in [3.8, 4) is 0 Å². The molecule has 0 saturated heterocycles. The third kappa shape index (κ3) is 2.34. The van der Waals surface area contributed by atoms with E-state index >= 15 is 0 Å². The van der Waals surface area contributed by atoms with Crippen molar-refractivity contribution in [3.63, 3.8) is 0 Å². The summed E-state index contributed by atoms with van der Waals surface area (Å²) < 4.78 is 0. The number of hydrogen-bond donors (Lipinski definition) is 0. The van der Waals surface area contributed by atoms with Crippen molar-refractivity contribution in [2.75, 3.05) is 5.01 Å². The van der Waals surface area contributed by atoms with Gasteiger partial charge < -0.3 is 0 Å². The zero-order valence-corrected chi connectivity index (χ0v) is 9.39. The van der Waals surface area contributed by atoms with E-state index in [1.165, 1.54) is 0 Å². The van der Waals surface area contributed by atoms with Gasteiger partial charge in [-0.05, 0) is 36.5 Å². The Morgan fingerprint density at radius 1 is 0.812 bits per heavy atom. The lowest BCUT2D eigenvalue weighted by Gasteiger charge is -2.17. The van der Waals surface area contributed by atoms with Gasteiger partial charge in [0.2, 0.25) is 0 Å². The van der Waals surface area contributed by atoms with Gasteiger partial charge in [-0.1, -0.05) is 36.4 Å². The molecule has 0 bridgehead atoms. The van der Waals surface area contributed by atoms with Crippen LogP contribution in [0.1, 0.15) is 0 Å². The summed E-state index contributed by atoms with van der Waals surface area (Å²) >= 11 is 4.67. The van der Waals surface area contributed by atoms with Crippen LogP contribution < -0.4 is 5.01 Å². The van der Waals surface area contributed by atoms with Crippen LogP contribution in [0.15, 0.2) is 65.8 Å². The lowest BCUT2D eigenvalue weighted by molar-refractivity contribution is 1.10. The van der Waals surface area contributed by atoms with Crippen LogP contribution in [-0.4, -0.2) is 5.16 Å². The normalized spacial score (nSPS) is 9.25. The first kappa shape index (κ1) is 10.6. The number of para-hydroxylation sites is 2. The number of thiocarbonyl (C=S) groups is 1. The molecule has 0 amide bonds. The molecule has 2 aromatic rings. The van der Waals surface area contributed by atoms with Gasteiger partial charge in [0, 0.05) is 0 Å². The molecule has 0 radical (unpaired) electrons. The van der Waals surface area contributed by atoms with Crippen LogP contribution in [0.2, 0.25) is 0 Å². The van der Waals surface area contributed by atoms with E-state index in [0.29, 0.717) is 0 Å². The van der Waals surface area contributed by atoms with E-state index in [4.69, 9.17) is 0 Å². The van der Waals surface area contributed by atoms with Crippen molar-refractivity contribution in [1.82, 2.24) is 0 Å². The number of hydrazone groups is 1. The van der Waals surface area contributed by atoms with Crippen molar-refractivity contribution in [2.45, 2.75) is 0 Å². The van der Waals surface area contributed by atoms with Gasteiger partial charge in [0.25, 0.3) is 0 Å². The average Bonchev–Trinajstić information content (AvgIpc) is 2.38. The average molecular weight is 226 g/mol. The Morgan fingerprint density at radius 2 is 1.25 bits per heavy atom. The molecule has 0 spiro atoms. The molecule has 0 fully saturated rings. The van der Waals surface area contributed by atoms with Crippen LogP contribution in [0.4, 0.5) is 11.4 Å². The van der Waals surface area contributed by atoms with Crippen molar-refractivity contribution >= 4 is 28.8 Å². The Morgan fingerprint density at radius 3 is 1.62 bits per heavy atom. The van der Waals surface area contributed by atoms with Crippen LogP contribution in [0.5, 0.6) is 0 Å². The first-order chi connectivity index (χ1) is 7.92. The molecular weight excluding hydrogens is 216 g/mol. The summed E-state index contributed by atoms with van der Waals surface area (Å²) in [5.74, 6) is 0. The second-order valence-corrected chi connectivity index (χ2v) is 3.36. The highest BCUT2D eigenvalue weighted by molar-refractivity contribution is 7.78. The number of anilines is 2. The van der Waals surface area contributed by atoms with Crippen LogP contribution in [-0.2, 0) is 0 Å². The van der Waals surface area contributed by atoms with Gasteiger partial charge in [-0.25, -0.2) is 5.01 Å². The summed E-state index contributed by atoms with van der Waals surface area (Å²) in [6.07, 6.45) is 0. The molecule has 0 aliphatic rings. The molecule has 3 heteroatoms. The monoisotopic (exact) mass is 226 g/mol. The first-order valence-electron chi connectivity index (χ1n) is 4.90. The maximum atomic E-state index is 4.67. The summed E-state index contributed by atoms with van der Waals surface area (Å²) in [6.45, 7) is 0. The third-order valence-electron chi connectivity index (χ3n) is 2.14. The van der Waals surface area contributed by atoms with Gasteiger partial charge in [0.05, 0.1) is 16.5 Å². The van der Waals surface area contributed by atoms with E-state index in [1.807, 2.05) is 60.7 Å². The number of hydrogen-bond acceptors (Lipinski definition) is 3. The third-order valence-corrected chi connectivity index (χ3v) is 2.22. The van der Waals surface area contributed by atoms with E-state index in [-0.39, 0.29) is 0 Å². The van der Waals surface area contributed by atoms with Crippen LogP contribution in [0.25, 0.3) is 0 Å². The molecule has 0 atom stereocenters. The number of rotatable bonds is 3. The Kier molecular flexibility index (Phi) is 3.44. The predicted octanol–water partition coefficient (Wildman–Crippen LogP) is 3.84. The van der Waals surface area contributed by atoms with Crippen LogP contribution >= 0.6 is 12.2 Å². The maximum Gasteiger partial charge on any atom is 0.0854 e. The SMILES string of the molecule is S=C=NN(c1ccccc1)c1ccccc1. The van der Waals surface area contributed by atoms with Crippen LogP contribution in [0, 0.1) is 0 Å². The summed E-state index contributed by atoms with van der Waals surface area (Å²) in [5.41, 5.74) is 1.93. The highest BCUT2D eigenvalue weighted by atomic mass is 32.1. The fraction of sp³-hybridized carbons (Fsp3) is 0. The molecule has 2 aromatic carbocycles. The summed E-state index contributed by atoms with van der Waals surface area (Å²) in [6, 6.07) is 19.7. The lowest BCUT2D eigenvalue weighted by Crippen LogP contribution is -2.07. The van der Waals surface area contributed by atoms with E-state index in [2.05, 4.69) is 22.5 Å². The molecule has 0 aliphatic carbocycles. The van der Waals surface area contributed by atoms with Crippen LogP contribution in [0.3, 0.4) is 0 Å².